The number of methoxy groups -OCH3 is 1. The minimum absolute atomic E-state index is 0.141. The first-order chi connectivity index (χ1) is 12.2. The van der Waals surface area contributed by atoms with Crippen molar-refractivity contribution in [2.24, 2.45) is 5.92 Å². The molecule has 0 bridgehead atoms. The van der Waals surface area contributed by atoms with Gasteiger partial charge in [-0.15, -0.1) is 0 Å². The van der Waals surface area contributed by atoms with Gasteiger partial charge < -0.3 is 15.0 Å². The molecule has 1 aromatic carbocycles. The lowest BCUT2D eigenvalue weighted by Crippen LogP contribution is -2.43. The minimum atomic E-state index is 0.141. The van der Waals surface area contributed by atoms with E-state index in [9.17, 15) is 4.79 Å². The van der Waals surface area contributed by atoms with Gasteiger partial charge in [-0.05, 0) is 49.9 Å². The number of benzene rings is 1. The molecule has 0 spiro atoms. The molecule has 1 N–H and O–H groups in total. The lowest BCUT2D eigenvalue weighted by molar-refractivity contribution is -0.125. The maximum absolute atomic E-state index is 12.7. The van der Waals surface area contributed by atoms with Crippen molar-refractivity contribution < 1.29 is 9.53 Å². The van der Waals surface area contributed by atoms with Gasteiger partial charge in [-0.3, -0.25) is 4.79 Å². The summed E-state index contributed by atoms with van der Waals surface area (Å²) in [6.07, 6.45) is 8.34. The zero-order valence-corrected chi connectivity index (χ0v) is 15.4. The molecule has 4 heteroatoms. The normalized spacial score (nSPS) is 26.6. The van der Waals surface area contributed by atoms with Gasteiger partial charge in [0.15, 0.2) is 0 Å². The van der Waals surface area contributed by atoms with Crippen LogP contribution in [0.25, 0.3) is 0 Å². The topological polar surface area (TPSA) is 41.6 Å². The molecule has 1 fully saturated rings. The second kappa shape index (κ2) is 8.52. The van der Waals surface area contributed by atoms with Crippen LogP contribution < -0.4 is 10.1 Å². The van der Waals surface area contributed by atoms with Crippen LogP contribution in [0.15, 0.2) is 36.4 Å². The molecule has 1 unspecified atom stereocenters. The van der Waals surface area contributed by atoms with Crippen LogP contribution in [0.3, 0.4) is 0 Å². The van der Waals surface area contributed by atoms with Crippen LogP contribution in [0.1, 0.15) is 44.1 Å². The average Bonchev–Trinajstić information content (AvgIpc) is 3.05. The zero-order chi connectivity index (χ0) is 17.6. The number of carbonyl (C=O) groups is 1. The van der Waals surface area contributed by atoms with Crippen LogP contribution in [0.5, 0.6) is 5.75 Å². The highest BCUT2D eigenvalue weighted by atomic mass is 16.5. The van der Waals surface area contributed by atoms with Gasteiger partial charge in [-0.25, -0.2) is 0 Å². The monoisotopic (exact) mass is 342 g/mol. The van der Waals surface area contributed by atoms with E-state index in [2.05, 4.69) is 41.4 Å². The second-order valence-electron chi connectivity index (χ2n) is 7.24. The molecule has 2 aliphatic rings. The van der Waals surface area contributed by atoms with Gasteiger partial charge in [0, 0.05) is 31.0 Å². The van der Waals surface area contributed by atoms with Crippen molar-refractivity contribution in [2.75, 3.05) is 26.7 Å². The number of ether oxygens (including phenoxy) is 1. The molecule has 0 saturated carbocycles. The highest BCUT2D eigenvalue weighted by Gasteiger charge is 2.35. The van der Waals surface area contributed by atoms with Crippen LogP contribution in [-0.2, 0) is 4.79 Å². The Balaban J connectivity index is 1.71. The highest BCUT2D eigenvalue weighted by Crippen LogP contribution is 2.30. The van der Waals surface area contributed by atoms with Crippen LogP contribution in [-0.4, -0.2) is 43.6 Å². The van der Waals surface area contributed by atoms with Crippen molar-refractivity contribution in [3.05, 3.63) is 42.0 Å². The summed E-state index contributed by atoms with van der Waals surface area (Å²) >= 11 is 0. The van der Waals surface area contributed by atoms with E-state index < -0.39 is 0 Å². The van der Waals surface area contributed by atoms with Gasteiger partial charge in [-0.2, -0.15) is 0 Å². The van der Waals surface area contributed by atoms with Crippen LogP contribution in [0.2, 0.25) is 0 Å². The molecule has 3 rings (SSSR count). The first kappa shape index (κ1) is 18.0. The summed E-state index contributed by atoms with van der Waals surface area (Å²) in [6, 6.07) is 8.51. The van der Waals surface area contributed by atoms with Crippen molar-refractivity contribution >= 4 is 5.91 Å². The quantitative estimate of drug-likeness (QED) is 0.806. The van der Waals surface area contributed by atoms with Gasteiger partial charge >= 0.3 is 0 Å². The number of likely N-dealkylation sites (tertiary alicyclic amines) is 1. The Labute approximate surface area is 151 Å². The summed E-state index contributed by atoms with van der Waals surface area (Å²) in [6.45, 7) is 5.25. The maximum Gasteiger partial charge on any atom is 0.223 e. The van der Waals surface area contributed by atoms with E-state index in [1.165, 1.54) is 5.56 Å². The molecular weight excluding hydrogens is 312 g/mol. The Kier molecular flexibility index (Phi) is 6.14. The Bertz CT molecular complexity index is 596. The van der Waals surface area contributed by atoms with Crippen molar-refractivity contribution in [3.63, 3.8) is 0 Å². The molecule has 1 saturated heterocycles. The van der Waals surface area contributed by atoms with E-state index in [1.54, 1.807) is 7.11 Å². The van der Waals surface area contributed by atoms with E-state index in [0.29, 0.717) is 5.92 Å². The number of nitrogens with zero attached hydrogens (tertiary/aromatic N) is 1. The molecule has 1 aliphatic heterocycles. The van der Waals surface area contributed by atoms with Crippen molar-refractivity contribution in [1.82, 2.24) is 10.2 Å². The molecule has 25 heavy (non-hydrogen) atoms. The zero-order valence-electron chi connectivity index (χ0n) is 15.4. The van der Waals surface area contributed by atoms with Crippen molar-refractivity contribution in [2.45, 2.75) is 44.6 Å². The standard InChI is InChI=1S/C21H30N2O2/c1-3-13-23-14-19(16-9-11-18(25-2)12-10-16)20(15-23)22-21(24)17-7-5-4-6-8-17/h4-5,9-12,17,19-20H,3,6-8,13-15H2,1-2H3,(H,22,24)/t17?,19-,20+/m1/s1. The Morgan fingerprint density at radius 1 is 1.24 bits per heavy atom. The Morgan fingerprint density at radius 3 is 2.68 bits per heavy atom. The first-order valence-electron chi connectivity index (χ1n) is 9.53. The molecular formula is C21H30N2O2. The number of hydrogen-bond acceptors (Lipinski definition) is 3. The summed E-state index contributed by atoms with van der Waals surface area (Å²) in [5.74, 6) is 1.59. The van der Waals surface area contributed by atoms with Crippen molar-refractivity contribution in [3.8, 4) is 5.75 Å². The molecule has 1 amide bonds. The summed E-state index contributed by atoms with van der Waals surface area (Å²) in [5.41, 5.74) is 1.29. The third-order valence-corrected chi connectivity index (χ3v) is 5.45. The lowest BCUT2D eigenvalue weighted by atomic mass is 9.91. The molecule has 3 atom stereocenters. The molecule has 0 aromatic heterocycles. The van der Waals surface area contributed by atoms with Gasteiger partial charge in [0.1, 0.15) is 5.75 Å². The number of allylic oxidation sites excluding steroid dienone is 2. The molecule has 4 nitrogen and oxygen atoms in total. The highest BCUT2D eigenvalue weighted by molar-refractivity contribution is 5.79. The number of amides is 1. The molecule has 1 heterocycles. The third-order valence-electron chi connectivity index (χ3n) is 5.45. The third kappa shape index (κ3) is 4.43. The van der Waals surface area contributed by atoms with Crippen LogP contribution >= 0.6 is 0 Å². The number of rotatable bonds is 6. The average molecular weight is 342 g/mol. The second-order valence-corrected chi connectivity index (χ2v) is 7.24. The van der Waals surface area contributed by atoms with E-state index in [0.717, 1.165) is 51.1 Å². The molecule has 136 valence electrons. The van der Waals surface area contributed by atoms with E-state index >= 15 is 0 Å². The summed E-state index contributed by atoms with van der Waals surface area (Å²) in [4.78, 5) is 15.2. The number of nitrogens with one attached hydrogen (secondary N) is 1. The van der Waals surface area contributed by atoms with Gasteiger partial charge in [0.25, 0.3) is 0 Å². The number of hydrogen-bond donors (Lipinski definition) is 1. The predicted octanol–water partition coefficient (Wildman–Crippen LogP) is 3.35. The molecule has 1 aliphatic carbocycles. The summed E-state index contributed by atoms with van der Waals surface area (Å²) < 4.78 is 5.28. The number of carbonyl (C=O) groups excluding carboxylic acids is 1. The van der Waals surface area contributed by atoms with Gasteiger partial charge in [0.2, 0.25) is 5.91 Å². The predicted molar refractivity (Wildman–Crippen MR) is 101 cm³/mol. The Morgan fingerprint density at radius 2 is 2.04 bits per heavy atom. The molecule has 1 aromatic rings. The van der Waals surface area contributed by atoms with Gasteiger partial charge in [-0.1, -0.05) is 31.2 Å². The van der Waals surface area contributed by atoms with E-state index in [1.807, 2.05) is 12.1 Å². The van der Waals surface area contributed by atoms with E-state index in [4.69, 9.17) is 4.74 Å². The fourth-order valence-corrected chi connectivity index (χ4v) is 4.05. The fraction of sp³-hybridized carbons (Fsp3) is 0.571. The van der Waals surface area contributed by atoms with Crippen molar-refractivity contribution in [1.29, 1.82) is 0 Å². The molecule has 0 radical (unpaired) electrons. The van der Waals surface area contributed by atoms with Crippen LogP contribution in [0.4, 0.5) is 0 Å². The summed E-state index contributed by atoms with van der Waals surface area (Å²) in [7, 11) is 1.69. The lowest BCUT2D eigenvalue weighted by Gasteiger charge is -2.24. The van der Waals surface area contributed by atoms with Gasteiger partial charge in [0.05, 0.1) is 7.11 Å². The minimum Gasteiger partial charge on any atom is -0.497 e. The summed E-state index contributed by atoms with van der Waals surface area (Å²) in [5, 5.41) is 3.37. The largest absolute Gasteiger partial charge is 0.497 e. The van der Waals surface area contributed by atoms with Crippen LogP contribution in [0, 0.1) is 5.92 Å². The van der Waals surface area contributed by atoms with E-state index in [-0.39, 0.29) is 17.9 Å². The Hall–Kier alpha value is -1.81. The first-order valence-corrected chi connectivity index (χ1v) is 9.53. The smallest absolute Gasteiger partial charge is 0.223 e. The SMILES string of the molecule is CCCN1C[C@H](NC(=O)C2CC=CCC2)[C@@H](c2ccc(OC)cc2)C1. The maximum atomic E-state index is 12.7. The fourth-order valence-electron chi connectivity index (χ4n) is 4.05.